The SMILES string of the molecule is Cc1ccc(OC2CCCCO2)c(-c2cc(-c3ccccc3)cc(-c3ccccc3)c2)c1. The molecule has 0 bridgehead atoms. The van der Waals surface area contributed by atoms with Gasteiger partial charge in [-0.2, -0.15) is 0 Å². The Morgan fingerprint density at radius 3 is 1.88 bits per heavy atom. The first kappa shape index (κ1) is 20.5. The second-order valence-corrected chi connectivity index (χ2v) is 8.44. The van der Waals surface area contributed by atoms with Crippen molar-refractivity contribution >= 4 is 0 Å². The summed E-state index contributed by atoms with van der Waals surface area (Å²) < 4.78 is 12.2. The maximum Gasteiger partial charge on any atom is 0.199 e. The standard InChI is InChI=1S/C30H28O2/c1-22-15-16-29(32-30-14-8-9-17-31-30)28(18-22)27-20-25(23-10-4-2-5-11-23)19-26(21-27)24-12-6-3-7-13-24/h2-7,10-13,15-16,18-21,30H,8-9,14,17H2,1H3. The zero-order chi connectivity index (χ0) is 21.8. The summed E-state index contributed by atoms with van der Waals surface area (Å²) in [7, 11) is 0. The van der Waals surface area contributed by atoms with Crippen molar-refractivity contribution in [3.8, 4) is 39.1 Å². The largest absolute Gasteiger partial charge is 0.464 e. The molecule has 0 saturated carbocycles. The molecule has 1 aliphatic rings. The van der Waals surface area contributed by atoms with Crippen LogP contribution >= 0.6 is 0 Å². The molecule has 0 aromatic heterocycles. The molecule has 2 nitrogen and oxygen atoms in total. The summed E-state index contributed by atoms with van der Waals surface area (Å²) in [6.45, 7) is 2.90. The zero-order valence-corrected chi connectivity index (χ0v) is 18.5. The molecular formula is C30H28O2. The van der Waals surface area contributed by atoms with E-state index in [1.165, 1.54) is 27.8 Å². The minimum atomic E-state index is -0.170. The van der Waals surface area contributed by atoms with Gasteiger partial charge in [-0.1, -0.05) is 72.3 Å². The van der Waals surface area contributed by atoms with E-state index in [0.717, 1.165) is 42.7 Å². The van der Waals surface area contributed by atoms with E-state index < -0.39 is 0 Å². The molecule has 0 aliphatic carbocycles. The van der Waals surface area contributed by atoms with Crippen LogP contribution in [-0.4, -0.2) is 12.9 Å². The Bertz CT molecular complexity index is 1120. The summed E-state index contributed by atoms with van der Waals surface area (Å²) in [5, 5.41) is 0. The molecule has 1 fully saturated rings. The molecule has 1 aliphatic heterocycles. The number of aryl methyl sites for hydroxylation is 1. The summed E-state index contributed by atoms with van der Waals surface area (Å²) in [6, 6.07) is 34.4. The first-order chi connectivity index (χ1) is 15.8. The number of ether oxygens (including phenoxy) is 2. The Hall–Kier alpha value is -3.36. The summed E-state index contributed by atoms with van der Waals surface area (Å²) in [5.74, 6) is 0.881. The molecule has 4 aromatic carbocycles. The Balaban J connectivity index is 1.63. The van der Waals surface area contributed by atoms with Gasteiger partial charge in [-0.05, 0) is 77.9 Å². The van der Waals surface area contributed by atoms with E-state index in [0.29, 0.717) is 0 Å². The van der Waals surface area contributed by atoms with Gasteiger partial charge in [0.1, 0.15) is 5.75 Å². The Kier molecular flexibility index (Phi) is 6.04. The lowest BCUT2D eigenvalue weighted by Gasteiger charge is -2.25. The molecule has 160 valence electrons. The average molecular weight is 421 g/mol. The second kappa shape index (κ2) is 9.42. The van der Waals surface area contributed by atoms with Crippen LogP contribution in [0.15, 0.2) is 97.1 Å². The van der Waals surface area contributed by atoms with Crippen LogP contribution in [0, 0.1) is 6.92 Å². The molecule has 1 atom stereocenters. The average Bonchev–Trinajstić information content (AvgIpc) is 2.86. The van der Waals surface area contributed by atoms with E-state index in [1.807, 2.05) is 0 Å². The number of benzene rings is 4. The van der Waals surface area contributed by atoms with Gasteiger partial charge in [0.05, 0.1) is 6.61 Å². The van der Waals surface area contributed by atoms with E-state index in [-0.39, 0.29) is 6.29 Å². The van der Waals surface area contributed by atoms with Crippen molar-refractivity contribution in [1.82, 2.24) is 0 Å². The van der Waals surface area contributed by atoms with Crippen LogP contribution in [0.2, 0.25) is 0 Å². The maximum atomic E-state index is 6.36. The van der Waals surface area contributed by atoms with Crippen molar-refractivity contribution in [3.05, 3.63) is 103 Å². The third kappa shape index (κ3) is 4.61. The monoisotopic (exact) mass is 420 g/mol. The summed E-state index contributed by atoms with van der Waals surface area (Å²) >= 11 is 0. The molecule has 0 radical (unpaired) electrons. The van der Waals surface area contributed by atoms with E-state index in [1.54, 1.807) is 0 Å². The van der Waals surface area contributed by atoms with Gasteiger partial charge in [0.2, 0.25) is 0 Å². The van der Waals surface area contributed by atoms with Crippen molar-refractivity contribution in [1.29, 1.82) is 0 Å². The number of hydrogen-bond donors (Lipinski definition) is 0. The lowest BCUT2D eigenvalue weighted by molar-refractivity contribution is -0.105. The number of rotatable bonds is 5. The third-order valence-electron chi connectivity index (χ3n) is 5.99. The van der Waals surface area contributed by atoms with Gasteiger partial charge >= 0.3 is 0 Å². The topological polar surface area (TPSA) is 18.5 Å². The van der Waals surface area contributed by atoms with Crippen LogP contribution in [-0.2, 0) is 4.74 Å². The van der Waals surface area contributed by atoms with Crippen molar-refractivity contribution in [2.24, 2.45) is 0 Å². The van der Waals surface area contributed by atoms with Gasteiger partial charge < -0.3 is 9.47 Å². The van der Waals surface area contributed by atoms with Crippen molar-refractivity contribution in [2.75, 3.05) is 6.61 Å². The number of hydrogen-bond acceptors (Lipinski definition) is 2. The van der Waals surface area contributed by atoms with E-state index in [2.05, 4.69) is 104 Å². The fraction of sp³-hybridized carbons (Fsp3) is 0.200. The predicted octanol–water partition coefficient (Wildman–Crippen LogP) is 7.90. The Morgan fingerprint density at radius 1 is 0.656 bits per heavy atom. The molecule has 5 rings (SSSR count). The van der Waals surface area contributed by atoms with Gasteiger partial charge in [-0.25, -0.2) is 0 Å². The highest BCUT2D eigenvalue weighted by Gasteiger charge is 2.18. The second-order valence-electron chi connectivity index (χ2n) is 8.44. The van der Waals surface area contributed by atoms with Gasteiger partial charge in [0.25, 0.3) is 0 Å². The molecule has 4 aromatic rings. The molecule has 0 N–H and O–H groups in total. The molecule has 1 heterocycles. The van der Waals surface area contributed by atoms with Gasteiger partial charge in [0.15, 0.2) is 6.29 Å². The molecular weight excluding hydrogens is 392 g/mol. The molecule has 1 saturated heterocycles. The van der Waals surface area contributed by atoms with Crippen molar-refractivity contribution in [3.63, 3.8) is 0 Å². The molecule has 1 unspecified atom stereocenters. The summed E-state index contributed by atoms with van der Waals surface area (Å²) in [5.41, 5.74) is 8.28. The van der Waals surface area contributed by atoms with Gasteiger partial charge in [0, 0.05) is 12.0 Å². The molecule has 32 heavy (non-hydrogen) atoms. The fourth-order valence-electron chi connectivity index (χ4n) is 4.30. The van der Waals surface area contributed by atoms with Crippen LogP contribution in [0.3, 0.4) is 0 Å². The Morgan fingerprint density at radius 2 is 1.28 bits per heavy atom. The van der Waals surface area contributed by atoms with Crippen LogP contribution in [0.25, 0.3) is 33.4 Å². The van der Waals surface area contributed by atoms with Crippen LogP contribution < -0.4 is 4.74 Å². The first-order valence-electron chi connectivity index (χ1n) is 11.4. The van der Waals surface area contributed by atoms with Crippen LogP contribution in [0.5, 0.6) is 5.75 Å². The van der Waals surface area contributed by atoms with Crippen LogP contribution in [0.4, 0.5) is 0 Å². The highest BCUT2D eigenvalue weighted by atomic mass is 16.7. The Labute approximate surface area is 190 Å². The van der Waals surface area contributed by atoms with Gasteiger partial charge in [-0.3, -0.25) is 0 Å². The normalized spacial score (nSPS) is 16.0. The molecule has 0 spiro atoms. The minimum Gasteiger partial charge on any atom is -0.464 e. The first-order valence-corrected chi connectivity index (χ1v) is 11.4. The van der Waals surface area contributed by atoms with Gasteiger partial charge in [-0.15, -0.1) is 0 Å². The quantitative estimate of drug-likeness (QED) is 0.327. The summed E-state index contributed by atoms with van der Waals surface area (Å²) in [6.07, 6.45) is 3.02. The van der Waals surface area contributed by atoms with Crippen LogP contribution in [0.1, 0.15) is 24.8 Å². The highest BCUT2D eigenvalue weighted by Crippen LogP contribution is 2.38. The lowest BCUT2D eigenvalue weighted by atomic mass is 9.92. The highest BCUT2D eigenvalue weighted by molar-refractivity contribution is 5.83. The maximum absolute atomic E-state index is 6.36. The minimum absolute atomic E-state index is 0.170. The fourth-order valence-corrected chi connectivity index (χ4v) is 4.30. The molecule has 2 heteroatoms. The van der Waals surface area contributed by atoms with Crippen molar-refractivity contribution < 1.29 is 9.47 Å². The van der Waals surface area contributed by atoms with Crippen molar-refractivity contribution in [2.45, 2.75) is 32.5 Å². The lowest BCUT2D eigenvalue weighted by Crippen LogP contribution is -2.25. The summed E-state index contributed by atoms with van der Waals surface area (Å²) in [4.78, 5) is 0. The zero-order valence-electron chi connectivity index (χ0n) is 18.5. The van der Waals surface area contributed by atoms with E-state index in [9.17, 15) is 0 Å². The third-order valence-corrected chi connectivity index (χ3v) is 5.99. The van der Waals surface area contributed by atoms with E-state index in [4.69, 9.17) is 9.47 Å². The van der Waals surface area contributed by atoms with E-state index >= 15 is 0 Å². The molecule has 0 amide bonds. The smallest absolute Gasteiger partial charge is 0.199 e. The predicted molar refractivity (Wildman–Crippen MR) is 132 cm³/mol.